The van der Waals surface area contributed by atoms with Crippen molar-refractivity contribution in [2.45, 2.75) is 76.8 Å². The average molecular weight is 532 g/mol. The normalized spacial score (nSPS) is 27.9. The van der Waals surface area contributed by atoms with Gasteiger partial charge >= 0.3 is 6.18 Å². The van der Waals surface area contributed by atoms with E-state index in [-0.39, 0.29) is 31.0 Å². The molecule has 1 aromatic carbocycles. The van der Waals surface area contributed by atoms with E-state index in [1.807, 2.05) is 13.8 Å². The molecule has 1 aromatic rings. The molecule has 7 nitrogen and oxygen atoms in total. The zero-order valence-corrected chi connectivity index (χ0v) is 21.8. The predicted octanol–water partition coefficient (Wildman–Crippen LogP) is 3.60. The highest BCUT2D eigenvalue weighted by Gasteiger charge is 2.50. The molecule has 1 saturated heterocycles. The van der Waals surface area contributed by atoms with Crippen molar-refractivity contribution < 1.29 is 31.1 Å². The van der Waals surface area contributed by atoms with Crippen molar-refractivity contribution in [3.05, 3.63) is 34.9 Å². The van der Waals surface area contributed by atoms with E-state index in [2.05, 4.69) is 10.0 Å². The number of hydrogen-bond donors (Lipinski definition) is 2. The van der Waals surface area contributed by atoms with Crippen LogP contribution in [0, 0.1) is 11.3 Å². The predicted molar refractivity (Wildman–Crippen MR) is 129 cm³/mol. The van der Waals surface area contributed by atoms with Gasteiger partial charge in [0.1, 0.15) is 0 Å². The summed E-state index contributed by atoms with van der Waals surface area (Å²) in [6, 6.07) is 3.05. The molecule has 4 rings (SSSR count). The van der Waals surface area contributed by atoms with Gasteiger partial charge in [-0.3, -0.25) is 4.79 Å². The highest BCUT2D eigenvalue weighted by Crippen LogP contribution is 2.47. The summed E-state index contributed by atoms with van der Waals surface area (Å²) < 4.78 is 72.4. The molecule has 0 radical (unpaired) electrons. The van der Waals surface area contributed by atoms with Crippen molar-refractivity contribution in [3.8, 4) is 0 Å². The molecular formula is C25H36F3N3O4S. The first kappa shape index (κ1) is 27.3. The lowest BCUT2D eigenvalue weighted by Crippen LogP contribution is -2.51. The fraction of sp³-hybridized carbons (Fsp3) is 0.720. The quantitative estimate of drug-likeness (QED) is 0.586. The second-order valence-corrected chi connectivity index (χ2v) is 12.6. The van der Waals surface area contributed by atoms with Gasteiger partial charge in [0, 0.05) is 38.4 Å². The van der Waals surface area contributed by atoms with Crippen LogP contribution in [0.1, 0.15) is 68.7 Å². The van der Waals surface area contributed by atoms with E-state index < -0.39 is 33.2 Å². The topological polar surface area (TPSA) is 87.7 Å². The number of nitrogens with zero attached hydrogens (tertiary/aromatic N) is 1. The maximum Gasteiger partial charge on any atom is 0.416 e. The Balaban J connectivity index is 1.60. The molecule has 2 N–H and O–H groups in total. The number of carbonyl (C=O) groups excluding carboxylic acids is 1. The van der Waals surface area contributed by atoms with Gasteiger partial charge in [-0.1, -0.05) is 19.9 Å². The largest absolute Gasteiger partial charge is 0.416 e. The first-order valence-electron chi connectivity index (χ1n) is 12.6. The van der Waals surface area contributed by atoms with Gasteiger partial charge in [0.2, 0.25) is 15.9 Å². The molecule has 1 saturated carbocycles. The van der Waals surface area contributed by atoms with Gasteiger partial charge < -0.3 is 15.0 Å². The molecule has 0 spiro atoms. The molecular weight excluding hydrogens is 495 g/mol. The van der Waals surface area contributed by atoms with Crippen molar-refractivity contribution >= 4 is 15.9 Å². The van der Waals surface area contributed by atoms with Crippen molar-refractivity contribution in [3.63, 3.8) is 0 Å². The molecule has 3 atom stereocenters. The minimum Gasteiger partial charge on any atom is -0.381 e. The minimum atomic E-state index is -4.53. The molecule has 2 fully saturated rings. The van der Waals surface area contributed by atoms with E-state index in [0.29, 0.717) is 30.0 Å². The molecule has 2 heterocycles. The van der Waals surface area contributed by atoms with Crippen molar-refractivity contribution in [2.75, 3.05) is 26.0 Å². The molecule has 2 aliphatic heterocycles. The maximum absolute atomic E-state index is 14.1. The number of hydrogen-bond acceptors (Lipinski definition) is 5. The van der Waals surface area contributed by atoms with Gasteiger partial charge in [-0.25, -0.2) is 13.1 Å². The molecule has 36 heavy (non-hydrogen) atoms. The van der Waals surface area contributed by atoms with Crippen molar-refractivity contribution in [2.24, 2.45) is 11.3 Å². The standard InChI is InChI=1S/C25H36F3N3O4S/c1-16(2)24(9-6-20(13-24)29-19-7-10-35-11-8-19)23(32)31-14-17-12-18(25(26,27)28)4-5-21(17)22(15-31)30-36(3,33)34/h4-5,12,16,19-20,22,29-30H,6-11,13-15H2,1-3H3/t20-,22+,24+/m1/s1. The van der Waals surface area contributed by atoms with Gasteiger partial charge in [0.15, 0.2) is 0 Å². The highest BCUT2D eigenvalue weighted by atomic mass is 32.2. The van der Waals surface area contributed by atoms with Crippen LogP contribution in [0.25, 0.3) is 0 Å². The zero-order chi connectivity index (χ0) is 26.3. The Morgan fingerprint density at radius 1 is 1.17 bits per heavy atom. The lowest BCUT2D eigenvalue weighted by molar-refractivity contribution is -0.146. The lowest BCUT2D eigenvalue weighted by Gasteiger charge is -2.42. The van der Waals surface area contributed by atoms with Crippen LogP contribution >= 0.6 is 0 Å². The second kappa shape index (κ2) is 10.2. The van der Waals surface area contributed by atoms with E-state index in [1.54, 1.807) is 4.90 Å². The number of rotatable bonds is 6. The van der Waals surface area contributed by atoms with Crippen LogP contribution in [0.2, 0.25) is 0 Å². The molecule has 3 aliphatic rings. The third kappa shape index (κ3) is 5.89. The lowest BCUT2D eigenvalue weighted by atomic mass is 9.73. The van der Waals surface area contributed by atoms with Crippen LogP contribution in [0.5, 0.6) is 0 Å². The van der Waals surface area contributed by atoms with E-state index in [0.717, 1.165) is 50.9 Å². The minimum absolute atomic E-state index is 0.0204. The Kier molecular flexibility index (Phi) is 7.77. The second-order valence-electron chi connectivity index (χ2n) is 10.8. The van der Waals surface area contributed by atoms with E-state index in [1.165, 1.54) is 6.07 Å². The van der Waals surface area contributed by atoms with Gasteiger partial charge in [0.05, 0.1) is 23.3 Å². The van der Waals surface area contributed by atoms with Crippen LogP contribution in [-0.2, 0) is 32.3 Å². The summed E-state index contributed by atoms with van der Waals surface area (Å²) >= 11 is 0. The first-order chi connectivity index (χ1) is 16.8. The van der Waals surface area contributed by atoms with Gasteiger partial charge in [0.25, 0.3) is 0 Å². The number of benzene rings is 1. The monoisotopic (exact) mass is 531 g/mol. The number of ether oxygens (including phenoxy) is 1. The van der Waals surface area contributed by atoms with Crippen molar-refractivity contribution in [1.82, 2.24) is 14.9 Å². The average Bonchev–Trinajstić information content (AvgIpc) is 3.22. The van der Waals surface area contributed by atoms with Crippen LogP contribution < -0.4 is 10.0 Å². The number of halogens is 3. The first-order valence-corrected chi connectivity index (χ1v) is 14.5. The summed E-state index contributed by atoms with van der Waals surface area (Å²) in [6.07, 6.45) is 0.517. The number of alkyl halides is 3. The molecule has 1 amide bonds. The number of sulfonamides is 1. The Bertz CT molecular complexity index is 1070. The third-order valence-electron chi connectivity index (χ3n) is 8.03. The summed E-state index contributed by atoms with van der Waals surface area (Å²) in [5.74, 6) is -0.0900. The number of fused-ring (bicyclic) bond motifs is 1. The number of nitrogens with one attached hydrogen (secondary N) is 2. The third-order valence-corrected chi connectivity index (χ3v) is 8.74. The Hall–Kier alpha value is -1.69. The van der Waals surface area contributed by atoms with Gasteiger partial charge in [-0.2, -0.15) is 13.2 Å². The summed E-state index contributed by atoms with van der Waals surface area (Å²) in [6.45, 7) is 5.57. The van der Waals surface area contributed by atoms with E-state index in [4.69, 9.17) is 4.74 Å². The van der Waals surface area contributed by atoms with E-state index >= 15 is 0 Å². The molecule has 0 bridgehead atoms. The summed E-state index contributed by atoms with van der Waals surface area (Å²) in [5, 5.41) is 3.70. The number of carbonyl (C=O) groups is 1. The Morgan fingerprint density at radius 3 is 2.47 bits per heavy atom. The summed E-state index contributed by atoms with van der Waals surface area (Å²) in [5.41, 5.74) is -0.674. The maximum atomic E-state index is 14.1. The van der Waals surface area contributed by atoms with Crippen LogP contribution in [0.15, 0.2) is 18.2 Å². The van der Waals surface area contributed by atoms with E-state index in [9.17, 15) is 26.4 Å². The fourth-order valence-corrected chi connectivity index (χ4v) is 6.78. The van der Waals surface area contributed by atoms with Crippen LogP contribution in [-0.4, -0.2) is 57.3 Å². The zero-order valence-electron chi connectivity index (χ0n) is 21.0. The smallest absolute Gasteiger partial charge is 0.381 e. The van der Waals surface area contributed by atoms with Gasteiger partial charge in [-0.05, 0) is 61.3 Å². The molecule has 0 unspecified atom stereocenters. The van der Waals surface area contributed by atoms with Crippen LogP contribution in [0.4, 0.5) is 13.2 Å². The molecule has 1 aliphatic carbocycles. The highest BCUT2D eigenvalue weighted by molar-refractivity contribution is 7.88. The summed E-state index contributed by atoms with van der Waals surface area (Å²) in [4.78, 5) is 15.6. The fourth-order valence-electron chi connectivity index (χ4n) is 6.06. The van der Waals surface area contributed by atoms with Gasteiger partial charge in [-0.15, -0.1) is 0 Å². The Labute approximate surface area is 211 Å². The molecule has 11 heteroatoms. The SMILES string of the molecule is CC(C)[C@]1(C(=O)N2Cc3cc(C(F)(F)F)ccc3[C@@H](NS(C)(=O)=O)C2)CC[C@@H](NC2CCOCC2)C1. The van der Waals surface area contributed by atoms with Crippen molar-refractivity contribution in [1.29, 1.82) is 0 Å². The van der Waals surface area contributed by atoms with Crippen LogP contribution in [0.3, 0.4) is 0 Å². The molecule has 202 valence electrons. The molecule has 0 aromatic heterocycles. The summed E-state index contributed by atoms with van der Waals surface area (Å²) in [7, 11) is -3.66. The number of amides is 1. The Morgan fingerprint density at radius 2 is 1.86 bits per heavy atom.